The average molecular weight is 354 g/mol. The van der Waals surface area contributed by atoms with E-state index in [1.54, 1.807) is 6.21 Å². The summed E-state index contributed by atoms with van der Waals surface area (Å²) in [6, 6.07) is 15.3. The Bertz CT molecular complexity index is 841. The molecular formula is C18H18N4O2S. The standard InChI is InChI=1S/C18H18N4O2S/c1-2-24-14-9-7-13(8-10-14)11-20-22-17(23)12-19-18-21-15-5-3-4-6-16(15)25-18/h3-11H,2,12H2,1H3,(H,19,21)(H,22,23)/b20-11-. The van der Waals surface area contributed by atoms with Crippen LogP contribution in [0, 0.1) is 0 Å². The lowest BCUT2D eigenvalue weighted by atomic mass is 10.2. The first kappa shape index (κ1) is 16.9. The van der Waals surface area contributed by atoms with E-state index in [0.29, 0.717) is 11.7 Å². The Morgan fingerprint density at radius 1 is 1.24 bits per heavy atom. The summed E-state index contributed by atoms with van der Waals surface area (Å²) in [6.07, 6.45) is 1.59. The Labute approximate surface area is 149 Å². The van der Waals surface area contributed by atoms with Gasteiger partial charge in [-0.2, -0.15) is 5.10 Å². The number of fused-ring (bicyclic) bond motifs is 1. The topological polar surface area (TPSA) is 75.6 Å². The molecule has 0 aliphatic rings. The molecule has 0 aliphatic carbocycles. The molecule has 2 N–H and O–H groups in total. The number of hydrazone groups is 1. The summed E-state index contributed by atoms with van der Waals surface area (Å²) in [5, 5.41) is 7.67. The van der Waals surface area contributed by atoms with Crippen molar-refractivity contribution >= 4 is 38.8 Å². The first-order valence-electron chi connectivity index (χ1n) is 7.89. The van der Waals surface area contributed by atoms with Crippen LogP contribution in [0.2, 0.25) is 0 Å². The van der Waals surface area contributed by atoms with Crippen LogP contribution in [0.3, 0.4) is 0 Å². The van der Waals surface area contributed by atoms with E-state index in [2.05, 4.69) is 20.8 Å². The molecule has 0 saturated carbocycles. The number of nitrogens with one attached hydrogen (secondary N) is 2. The average Bonchev–Trinajstić information content (AvgIpc) is 3.05. The molecule has 2 aromatic carbocycles. The van der Waals surface area contributed by atoms with Crippen molar-refractivity contribution < 1.29 is 9.53 Å². The molecule has 128 valence electrons. The van der Waals surface area contributed by atoms with Crippen LogP contribution in [0.25, 0.3) is 10.2 Å². The highest BCUT2D eigenvalue weighted by molar-refractivity contribution is 7.22. The van der Waals surface area contributed by atoms with Gasteiger partial charge < -0.3 is 10.1 Å². The Morgan fingerprint density at radius 3 is 2.80 bits per heavy atom. The zero-order chi connectivity index (χ0) is 17.5. The number of hydrogen-bond acceptors (Lipinski definition) is 6. The number of aromatic nitrogens is 1. The van der Waals surface area contributed by atoms with E-state index in [-0.39, 0.29) is 12.5 Å². The largest absolute Gasteiger partial charge is 0.494 e. The van der Waals surface area contributed by atoms with E-state index in [4.69, 9.17) is 4.74 Å². The molecule has 1 heterocycles. The number of thiazole rings is 1. The van der Waals surface area contributed by atoms with Crippen molar-refractivity contribution in [2.75, 3.05) is 18.5 Å². The number of benzene rings is 2. The number of nitrogens with zero attached hydrogens (tertiary/aromatic N) is 2. The molecule has 0 atom stereocenters. The van der Waals surface area contributed by atoms with Gasteiger partial charge in [0, 0.05) is 0 Å². The number of hydrogen-bond donors (Lipinski definition) is 2. The second-order valence-corrected chi connectivity index (χ2v) is 6.17. The van der Waals surface area contributed by atoms with Gasteiger partial charge in [0.2, 0.25) is 0 Å². The van der Waals surface area contributed by atoms with Crippen LogP contribution in [-0.2, 0) is 4.79 Å². The van der Waals surface area contributed by atoms with E-state index in [1.807, 2.05) is 55.5 Å². The molecule has 0 fully saturated rings. The van der Waals surface area contributed by atoms with Gasteiger partial charge in [-0.15, -0.1) is 0 Å². The molecule has 6 nitrogen and oxygen atoms in total. The van der Waals surface area contributed by atoms with Gasteiger partial charge >= 0.3 is 0 Å². The van der Waals surface area contributed by atoms with Crippen LogP contribution < -0.4 is 15.5 Å². The van der Waals surface area contributed by atoms with Crippen molar-refractivity contribution in [3.63, 3.8) is 0 Å². The zero-order valence-corrected chi connectivity index (χ0v) is 14.5. The van der Waals surface area contributed by atoms with E-state index in [1.165, 1.54) is 11.3 Å². The van der Waals surface area contributed by atoms with Crippen LogP contribution in [0.5, 0.6) is 5.75 Å². The molecule has 0 saturated heterocycles. The molecule has 3 rings (SSSR count). The first-order valence-corrected chi connectivity index (χ1v) is 8.70. The molecular weight excluding hydrogens is 336 g/mol. The number of para-hydroxylation sites is 1. The number of ether oxygens (including phenoxy) is 1. The maximum absolute atomic E-state index is 11.8. The van der Waals surface area contributed by atoms with Crippen LogP contribution in [0.4, 0.5) is 5.13 Å². The fraction of sp³-hybridized carbons (Fsp3) is 0.167. The monoisotopic (exact) mass is 354 g/mol. The maximum Gasteiger partial charge on any atom is 0.259 e. The zero-order valence-electron chi connectivity index (χ0n) is 13.7. The van der Waals surface area contributed by atoms with Gasteiger partial charge in [-0.25, -0.2) is 10.4 Å². The Morgan fingerprint density at radius 2 is 2.04 bits per heavy atom. The number of carbonyl (C=O) groups is 1. The van der Waals surface area contributed by atoms with Crippen LogP contribution in [0.1, 0.15) is 12.5 Å². The second kappa shape index (κ2) is 8.25. The SMILES string of the molecule is CCOc1ccc(/C=N\NC(=O)CNc2nc3ccccc3s2)cc1. The number of carbonyl (C=O) groups excluding carboxylic acids is 1. The smallest absolute Gasteiger partial charge is 0.259 e. The fourth-order valence-electron chi connectivity index (χ4n) is 2.14. The molecule has 7 heteroatoms. The first-order chi connectivity index (χ1) is 12.2. The van der Waals surface area contributed by atoms with Gasteiger partial charge in [0.15, 0.2) is 5.13 Å². The molecule has 0 radical (unpaired) electrons. The third-order valence-corrected chi connectivity index (χ3v) is 4.28. The Hall–Kier alpha value is -2.93. The van der Waals surface area contributed by atoms with Gasteiger partial charge in [0.05, 0.1) is 29.6 Å². The Kier molecular flexibility index (Phi) is 5.58. The number of amides is 1. The summed E-state index contributed by atoms with van der Waals surface area (Å²) < 4.78 is 6.45. The van der Waals surface area contributed by atoms with Crippen LogP contribution in [0.15, 0.2) is 53.6 Å². The molecule has 0 bridgehead atoms. The molecule has 0 spiro atoms. The fourth-order valence-corrected chi connectivity index (χ4v) is 3.00. The normalized spacial score (nSPS) is 10.9. The van der Waals surface area contributed by atoms with Gasteiger partial charge in [-0.05, 0) is 48.9 Å². The summed E-state index contributed by atoms with van der Waals surface area (Å²) in [6.45, 7) is 2.68. The quantitative estimate of drug-likeness (QED) is 0.504. The lowest BCUT2D eigenvalue weighted by molar-refractivity contribution is -0.119. The predicted octanol–water partition coefficient (Wildman–Crippen LogP) is 3.26. The van der Waals surface area contributed by atoms with Gasteiger partial charge in [-0.1, -0.05) is 23.5 Å². The summed E-state index contributed by atoms with van der Waals surface area (Å²) in [5.41, 5.74) is 4.29. The Balaban J connectivity index is 1.47. The van der Waals surface area contributed by atoms with Crippen molar-refractivity contribution in [1.29, 1.82) is 0 Å². The summed E-state index contributed by atoms with van der Waals surface area (Å²) in [5.74, 6) is 0.574. The van der Waals surface area contributed by atoms with Crippen molar-refractivity contribution in [3.8, 4) is 5.75 Å². The third kappa shape index (κ3) is 4.77. The van der Waals surface area contributed by atoms with Crippen LogP contribution >= 0.6 is 11.3 Å². The highest BCUT2D eigenvalue weighted by Crippen LogP contribution is 2.24. The van der Waals surface area contributed by atoms with Gasteiger partial charge in [0.25, 0.3) is 5.91 Å². The minimum Gasteiger partial charge on any atom is -0.494 e. The van der Waals surface area contributed by atoms with Crippen molar-refractivity contribution in [2.45, 2.75) is 6.92 Å². The minimum atomic E-state index is -0.235. The van der Waals surface area contributed by atoms with Crippen molar-refractivity contribution in [1.82, 2.24) is 10.4 Å². The number of rotatable bonds is 7. The van der Waals surface area contributed by atoms with E-state index >= 15 is 0 Å². The predicted molar refractivity (Wildman–Crippen MR) is 101 cm³/mol. The third-order valence-electron chi connectivity index (χ3n) is 3.29. The van der Waals surface area contributed by atoms with Gasteiger partial charge in [-0.3, -0.25) is 4.79 Å². The molecule has 3 aromatic rings. The summed E-state index contributed by atoms with van der Waals surface area (Å²) in [4.78, 5) is 16.2. The molecule has 0 aliphatic heterocycles. The second-order valence-electron chi connectivity index (χ2n) is 5.14. The van der Waals surface area contributed by atoms with Crippen LogP contribution in [-0.4, -0.2) is 30.3 Å². The molecule has 0 unspecified atom stereocenters. The number of anilines is 1. The van der Waals surface area contributed by atoms with E-state index in [9.17, 15) is 4.79 Å². The minimum absolute atomic E-state index is 0.112. The van der Waals surface area contributed by atoms with Gasteiger partial charge in [0.1, 0.15) is 5.75 Å². The van der Waals surface area contributed by atoms with Crippen molar-refractivity contribution in [3.05, 3.63) is 54.1 Å². The molecule has 1 aromatic heterocycles. The van der Waals surface area contributed by atoms with Crippen molar-refractivity contribution in [2.24, 2.45) is 5.10 Å². The van der Waals surface area contributed by atoms with E-state index < -0.39 is 0 Å². The van der Waals surface area contributed by atoms with E-state index in [0.717, 1.165) is 21.5 Å². The molecule has 1 amide bonds. The highest BCUT2D eigenvalue weighted by Gasteiger charge is 2.04. The highest BCUT2D eigenvalue weighted by atomic mass is 32.1. The summed E-state index contributed by atoms with van der Waals surface area (Å²) in [7, 11) is 0. The maximum atomic E-state index is 11.8. The lowest BCUT2D eigenvalue weighted by Crippen LogP contribution is -2.25. The lowest BCUT2D eigenvalue weighted by Gasteiger charge is -2.02. The summed E-state index contributed by atoms with van der Waals surface area (Å²) >= 11 is 1.51. The molecule has 25 heavy (non-hydrogen) atoms.